The van der Waals surface area contributed by atoms with Gasteiger partial charge in [-0.2, -0.15) is 0 Å². The maximum Gasteiger partial charge on any atom is 0.350 e. The third kappa shape index (κ3) is 7.87. The molecule has 0 saturated carbocycles. The summed E-state index contributed by atoms with van der Waals surface area (Å²) < 4.78 is 20.4. The molecule has 11 heteroatoms. The van der Waals surface area contributed by atoms with E-state index in [1.807, 2.05) is 55.5 Å². The molecule has 0 saturated heterocycles. The van der Waals surface area contributed by atoms with Gasteiger partial charge < -0.3 is 18.9 Å². The third-order valence-corrected chi connectivity index (χ3v) is 8.02. The molecule has 0 amide bonds. The van der Waals surface area contributed by atoms with Gasteiger partial charge in [0.25, 0.3) is 0 Å². The van der Waals surface area contributed by atoms with Gasteiger partial charge in [-0.05, 0) is 45.0 Å². The number of aromatic nitrogens is 2. The van der Waals surface area contributed by atoms with Gasteiger partial charge in [0.2, 0.25) is 0 Å². The molecule has 0 bridgehead atoms. The molecule has 0 radical (unpaired) electrons. The lowest BCUT2D eigenvalue weighted by molar-refractivity contribution is 0.0521. The third-order valence-electron chi connectivity index (χ3n) is 5.18. The molecule has 2 aromatic carbocycles. The lowest BCUT2D eigenvalue weighted by atomic mass is 10.2. The maximum atomic E-state index is 11.9. The van der Waals surface area contributed by atoms with Crippen LogP contribution in [0.3, 0.4) is 0 Å². The number of hydrogen-bond acceptors (Lipinski definition) is 10. The van der Waals surface area contributed by atoms with E-state index in [0.29, 0.717) is 39.7 Å². The number of alkyl halides is 1. The molecular formula is C28H29BrN2O6S2. The number of benzene rings is 2. The first-order chi connectivity index (χ1) is 18.8. The van der Waals surface area contributed by atoms with Gasteiger partial charge in [-0.15, -0.1) is 22.7 Å². The lowest BCUT2D eigenvalue weighted by Gasteiger charge is -2.01. The zero-order valence-corrected chi connectivity index (χ0v) is 25.5. The Morgan fingerprint density at radius 2 is 1.28 bits per heavy atom. The fourth-order valence-electron chi connectivity index (χ4n) is 3.34. The van der Waals surface area contributed by atoms with E-state index in [9.17, 15) is 9.59 Å². The van der Waals surface area contributed by atoms with Crippen LogP contribution in [0.4, 0.5) is 0 Å². The molecule has 0 fully saturated rings. The van der Waals surface area contributed by atoms with Crippen molar-refractivity contribution >= 4 is 50.5 Å². The number of carbonyl (C=O) groups is 2. The number of thiazole rings is 2. The molecule has 206 valence electrons. The van der Waals surface area contributed by atoms with Crippen molar-refractivity contribution in [2.24, 2.45) is 0 Å². The highest BCUT2D eigenvalue weighted by atomic mass is 79.9. The van der Waals surface area contributed by atoms with Gasteiger partial charge in [0, 0.05) is 16.5 Å². The molecule has 0 aliphatic heterocycles. The van der Waals surface area contributed by atoms with Crippen molar-refractivity contribution in [1.29, 1.82) is 0 Å². The van der Waals surface area contributed by atoms with Crippen LogP contribution in [0.15, 0.2) is 48.5 Å². The first kappa shape index (κ1) is 30.3. The summed E-state index contributed by atoms with van der Waals surface area (Å²) in [5, 5.41) is 2.09. The van der Waals surface area contributed by atoms with Crippen molar-refractivity contribution in [2.75, 3.05) is 27.4 Å². The normalized spacial score (nSPS) is 10.3. The average Bonchev–Trinajstić information content (AvgIpc) is 3.58. The second kappa shape index (κ2) is 14.8. The molecule has 0 N–H and O–H groups in total. The Labute approximate surface area is 244 Å². The quantitative estimate of drug-likeness (QED) is 0.141. The van der Waals surface area contributed by atoms with Gasteiger partial charge in [-0.1, -0.05) is 40.2 Å². The number of carbonyl (C=O) groups excluding carboxylic acids is 2. The largest absolute Gasteiger partial charge is 0.497 e. The number of methoxy groups -OCH3 is 2. The Kier molecular flexibility index (Phi) is 11.5. The summed E-state index contributed by atoms with van der Waals surface area (Å²) in [6.45, 7) is 6.11. The molecule has 8 nitrogen and oxygen atoms in total. The molecule has 0 spiro atoms. The van der Waals surface area contributed by atoms with E-state index in [1.165, 1.54) is 22.7 Å². The van der Waals surface area contributed by atoms with Crippen LogP contribution >= 0.6 is 38.6 Å². The number of aryl methyl sites for hydroxylation is 1. The predicted octanol–water partition coefficient (Wildman–Crippen LogP) is 7.19. The second-order valence-electron chi connectivity index (χ2n) is 7.77. The van der Waals surface area contributed by atoms with Gasteiger partial charge in [0.1, 0.15) is 31.3 Å². The zero-order chi connectivity index (χ0) is 28.4. The second-order valence-corrected chi connectivity index (χ2v) is 10.3. The van der Waals surface area contributed by atoms with Gasteiger partial charge >= 0.3 is 11.9 Å². The number of esters is 2. The standard InChI is InChI=1S/C14H14BrNO3S.C14H15NO3S/c1-3-19-14(17)12-11(8-15)16-13(20-12)9-5-4-6-10(7-9)18-2;1-4-18-14(16)12-9(2)15-13(19-12)10-6-5-7-11(8-10)17-3/h4-7H,3,8H2,1-2H3;5-8H,4H2,1-3H3. The highest BCUT2D eigenvalue weighted by Gasteiger charge is 2.20. The summed E-state index contributed by atoms with van der Waals surface area (Å²) >= 11 is 6.03. The molecule has 2 aromatic heterocycles. The summed E-state index contributed by atoms with van der Waals surface area (Å²) in [5.41, 5.74) is 3.25. The number of hydrogen-bond donors (Lipinski definition) is 0. The summed E-state index contributed by atoms with van der Waals surface area (Å²) in [6, 6.07) is 15.2. The van der Waals surface area contributed by atoms with Crippen LogP contribution in [0.1, 0.15) is 44.6 Å². The molecule has 2 heterocycles. The highest BCUT2D eigenvalue weighted by molar-refractivity contribution is 9.08. The van der Waals surface area contributed by atoms with E-state index in [4.69, 9.17) is 18.9 Å². The van der Waals surface area contributed by atoms with E-state index in [-0.39, 0.29) is 11.9 Å². The van der Waals surface area contributed by atoms with Crippen molar-refractivity contribution < 1.29 is 28.5 Å². The van der Waals surface area contributed by atoms with Crippen LogP contribution in [-0.2, 0) is 14.8 Å². The van der Waals surface area contributed by atoms with Crippen molar-refractivity contribution in [1.82, 2.24) is 9.97 Å². The van der Waals surface area contributed by atoms with E-state index in [1.54, 1.807) is 28.1 Å². The van der Waals surface area contributed by atoms with Crippen LogP contribution in [0, 0.1) is 6.92 Å². The monoisotopic (exact) mass is 632 g/mol. The molecule has 4 rings (SSSR count). The molecule has 4 aromatic rings. The molecule has 39 heavy (non-hydrogen) atoms. The fourth-order valence-corrected chi connectivity index (χ4v) is 5.86. The van der Waals surface area contributed by atoms with E-state index < -0.39 is 0 Å². The van der Waals surface area contributed by atoms with Crippen molar-refractivity contribution in [3.8, 4) is 32.6 Å². The van der Waals surface area contributed by atoms with Crippen LogP contribution in [0.2, 0.25) is 0 Å². The fraction of sp³-hybridized carbons (Fsp3) is 0.286. The number of nitrogens with zero attached hydrogens (tertiary/aromatic N) is 2. The van der Waals surface area contributed by atoms with Crippen LogP contribution in [0.25, 0.3) is 21.1 Å². The van der Waals surface area contributed by atoms with Crippen molar-refractivity contribution in [2.45, 2.75) is 26.1 Å². The highest BCUT2D eigenvalue weighted by Crippen LogP contribution is 2.32. The minimum Gasteiger partial charge on any atom is -0.497 e. The topological polar surface area (TPSA) is 96.8 Å². The van der Waals surface area contributed by atoms with Gasteiger partial charge in [-0.25, -0.2) is 19.6 Å². The van der Waals surface area contributed by atoms with Crippen LogP contribution < -0.4 is 9.47 Å². The SMILES string of the molecule is CCOC(=O)c1sc(-c2cccc(OC)c2)nc1C.CCOC(=O)c1sc(-c2cccc(OC)c2)nc1CBr. The molecule has 0 aliphatic rings. The zero-order valence-electron chi connectivity index (χ0n) is 22.3. The Morgan fingerprint density at radius 3 is 1.77 bits per heavy atom. The van der Waals surface area contributed by atoms with Gasteiger partial charge in [-0.3, -0.25) is 0 Å². The van der Waals surface area contributed by atoms with E-state index >= 15 is 0 Å². The van der Waals surface area contributed by atoms with Crippen LogP contribution in [-0.4, -0.2) is 49.3 Å². The van der Waals surface area contributed by atoms with Crippen molar-refractivity contribution in [3.05, 3.63) is 69.7 Å². The number of halogens is 1. The Bertz CT molecular complexity index is 1420. The average molecular weight is 634 g/mol. The predicted molar refractivity (Wildman–Crippen MR) is 157 cm³/mol. The van der Waals surface area contributed by atoms with E-state index in [2.05, 4.69) is 25.9 Å². The van der Waals surface area contributed by atoms with Gasteiger partial charge in [0.15, 0.2) is 0 Å². The molecule has 0 unspecified atom stereocenters. The Balaban J connectivity index is 0.000000216. The first-order valence-electron chi connectivity index (χ1n) is 12.0. The number of ether oxygens (including phenoxy) is 4. The molecule has 0 aliphatic carbocycles. The lowest BCUT2D eigenvalue weighted by Crippen LogP contribution is -2.04. The Hall–Kier alpha value is -3.28. The Morgan fingerprint density at radius 1 is 0.795 bits per heavy atom. The van der Waals surface area contributed by atoms with Gasteiger partial charge in [0.05, 0.1) is 38.8 Å². The summed E-state index contributed by atoms with van der Waals surface area (Å²) in [7, 11) is 3.24. The maximum absolute atomic E-state index is 11.9. The van der Waals surface area contributed by atoms with Crippen LogP contribution in [0.5, 0.6) is 11.5 Å². The summed E-state index contributed by atoms with van der Waals surface area (Å²) in [5.74, 6) is 0.888. The van der Waals surface area contributed by atoms with Crippen molar-refractivity contribution in [3.63, 3.8) is 0 Å². The first-order valence-corrected chi connectivity index (χ1v) is 14.8. The number of rotatable bonds is 9. The molecular weight excluding hydrogens is 604 g/mol. The molecule has 0 atom stereocenters. The minimum atomic E-state index is -0.325. The summed E-state index contributed by atoms with van der Waals surface area (Å²) in [4.78, 5) is 33.7. The smallest absolute Gasteiger partial charge is 0.350 e. The van der Waals surface area contributed by atoms with E-state index in [0.717, 1.165) is 32.6 Å². The summed E-state index contributed by atoms with van der Waals surface area (Å²) in [6.07, 6.45) is 0. The minimum absolute atomic E-state index is 0.313.